The SMILES string of the molecule is COC(=O)c1ccc(COC(=O)c2ccc(C)c(OC)c2)cc1. The lowest BCUT2D eigenvalue weighted by molar-refractivity contribution is 0.0471. The summed E-state index contributed by atoms with van der Waals surface area (Å²) in [4.78, 5) is 23.4. The van der Waals surface area contributed by atoms with Gasteiger partial charge in [0.1, 0.15) is 12.4 Å². The minimum atomic E-state index is -0.430. The first-order chi connectivity index (χ1) is 11.0. The van der Waals surface area contributed by atoms with E-state index in [4.69, 9.17) is 9.47 Å². The van der Waals surface area contributed by atoms with Crippen LogP contribution < -0.4 is 4.74 Å². The average Bonchev–Trinajstić information content (AvgIpc) is 2.59. The molecule has 0 aliphatic heterocycles. The van der Waals surface area contributed by atoms with E-state index < -0.39 is 11.9 Å². The Balaban J connectivity index is 2.00. The van der Waals surface area contributed by atoms with E-state index >= 15 is 0 Å². The van der Waals surface area contributed by atoms with E-state index in [0.29, 0.717) is 16.9 Å². The summed E-state index contributed by atoms with van der Waals surface area (Å²) in [5, 5.41) is 0. The number of carbonyl (C=O) groups excluding carboxylic acids is 2. The molecular weight excluding hydrogens is 296 g/mol. The van der Waals surface area contributed by atoms with Gasteiger partial charge in [0.05, 0.1) is 25.3 Å². The van der Waals surface area contributed by atoms with E-state index in [2.05, 4.69) is 4.74 Å². The first-order valence-corrected chi connectivity index (χ1v) is 7.04. The van der Waals surface area contributed by atoms with Crippen molar-refractivity contribution in [1.82, 2.24) is 0 Å². The molecule has 0 heterocycles. The molecule has 23 heavy (non-hydrogen) atoms. The first-order valence-electron chi connectivity index (χ1n) is 7.04. The molecule has 5 heteroatoms. The third-order valence-electron chi connectivity index (χ3n) is 3.39. The van der Waals surface area contributed by atoms with Gasteiger partial charge in [-0.2, -0.15) is 0 Å². The zero-order valence-electron chi connectivity index (χ0n) is 13.3. The van der Waals surface area contributed by atoms with Gasteiger partial charge in [0, 0.05) is 0 Å². The molecule has 120 valence electrons. The molecule has 0 radical (unpaired) electrons. The lowest BCUT2D eigenvalue weighted by atomic mass is 10.1. The Labute approximate surface area is 134 Å². The molecule has 2 aromatic rings. The van der Waals surface area contributed by atoms with Crippen molar-refractivity contribution in [3.05, 3.63) is 64.7 Å². The molecule has 2 aromatic carbocycles. The molecule has 0 saturated carbocycles. The summed E-state index contributed by atoms with van der Waals surface area (Å²) in [5.41, 5.74) is 2.61. The van der Waals surface area contributed by atoms with Crippen LogP contribution in [0.2, 0.25) is 0 Å². The van der Waals surface area contributed by atoms with Gasteiger partial charge in [-0.25, -0.2) is 9.59 Å². The predicted octanol–water partition coefficient (Wildman–Crippen LogP) is 3.15. The van der Waals surface area contributed by atoms with E-state index in [1.165, 1.54) is 7.11 Å². The molecule has 0 amide bonds. The Hall–Kier alpha value is -2.82. The quantitative estimate of drug-likeness (QED) is 0.793. The second-order valence-electron chi connectivity index (χ2n) is 4.95. The zero-order chi connectivity index (χ0) is 16.8. The van der Waals surface area contributed by atoms with Gasteiger partial charge in [0.2, 0.25) is 0 Å². The second kappa shape index (κ2) is 7.45. The van der Waals surface area contributed by atoms with Crippen molar-refractivity contribution in [2.24, 2.45) is 0 Å². The van der Waals surface area contributed by atoms with E-state index in [1.54, 1.807) is 49.6 Å². The fourth-order valence-corrected chi connectivity index (χ4v) is 2.03. The number of methoxy groups -OCH3 is 2. The highest BCUT2D eigenvalue weighted by atomic mass is 16.5. The summed E-state index contributed by atoms with van der Waals surface area (Å²) in [6.07, 6.45) is 0. The van der Waals surface area contributed by atoms with Crippen LogP contribution in [-0.2, 0) is 16.1 Å². The highest BCUT2D eigenvalue weighted by Gasteiger charge is 2.11. The maximum absolute atomic E-state index is 12.1. The molecule has 0 N–H and O–H groups in total. The van der Waals surface area contributed by atoms with Gasteiger partial charge in [0.25, 0.3) is 0 Å². The Morgan fingerprint density at radius 1 is 0.913 bits per heavy atom. The van der Waals surface area contributed by atoms with Crippen LogP contribution in [0.1, 0.15) is 31.8 Å². The number of esters is 2. The number of hydrogen-bond donors (Lipinski definition) is 0. The standard InChI is InChI=1S/C18H18O5/c1-12-4-7-15(10-16(12)21-2)18(20)23-11-13-5-8-14(9-6-13)17(19)22-3/h4-10H,11H2,1-3H3. The van der Waals surface area contributed by atoms with Crippen LogP contribution in [0.3, 0.4) is 0 Å². The van der Waals surface area contributed by atoms with Gasteiger partial charge in [-0.15, -0.1) is 0 Å². The number of hydrogen-bond acceptors (Lipinski definition) is 5. The van der Waals surface area contributed by atoms with E-state index in [0.717, 1.165) is 11.1 Å². The predicted molar refractivity (Wildman–Crippen MR) is 84.6 cm³/mol. The van der Waals surface area contributed by atoms with Crippen LogP contribution in [0.15, 0.2) is 42.5 Å². The van der Waals surface area contributed by atoms with Crippen LogP contribution in [0, 0.1) is 6.92 Å². The topological polar surface area (TPSA) is 61.8 Å². The molecule has 0 aliphatic rings. The van der Waals surface area contributed by atoms with Crippen molar-refractivity contribution in [3.63, 3.8) is 0 Å². The summed E-state index contributed by atoms with van der Waals surface area (Å²) in [5.74, 6) is -0.192. The largest absolute Gasteiger partial charge is 0.496 e. The fraction of sp³-hybridized carbons (Fsp3) is 0.222. The van der Waals surface area contributed by atoms with Crippen LogP contribution >= 0.6 is 0 Å². The van der Waals surface area contributed by atoms with E-state index in [-0.39, 0.29) is 6.61 Å². The molecule has 0 fully saturated rings. The van der Waals surface area contributed by atoms with Crippen LogP contribution in [0.5, 0.6) is 5.75 Å². The molecule has 0 unspecified atom stereocenters. The minimum Gasteiger partial charge on any atom is -0.496 e. The molecule has 0 saturated heterocycles. The Morgan fingerprint density at radius 2 is 1.57 bits per heavy atom. The maximum Gasteiger partial charge on any atom is 0.338 e. The van der Waals surface area contributed by atoms with Crippen molar-refractivity contribution in [2.45, 2.75) is 13.5 Å². The van der Waals surface area contributed by atoms with Gasteiger partial charge in [-0.05, 0) is 42.3 Å². The molecular formula is C18H18O5. The molecule has 5 nitrogen and oxygen atoms in total. The number of carbonyl (C=O) groups is 2. The van der Waals surface area contributed by atoms with E-state index in [1.807, 2.05) is 6.92 Å². The smallest absolute Gasteiger partial charge is 0.338 e. The summed E-state index contributed by atoms with van der Waals surface area (Å²) >= 11 is 0. The fourth-order valence-electron chi connectivity index (χ4n) is 2.03. The molecule has 0 aliphatic carbocycles. The van der Waals surface area contributed by atoms with Gasteiger partial charge in [-0.3, -0.25) is 0 Å². The van der Waals surface area contributed by atoms with Gasteiger partial charge in [0.15, 0.2) is 0 Å². The number of rotatable bonds is 5. The highest BCUT2D eigenvalue weighted by Crippen LogP contribution is 2.19. The van der Waals surface area contributed by atoms with Gasteiger partial charge < -0.3 is 14.2 Å². The summed E-state index contributed by atoms with van der Waals surface area (Å²) in [6, 6.07) is 11.8. The van der Waals surface area contributed by atoms with E-state index in [9.17, 15) is 9.59 Å². The van der Waals surface area contributed by atoms with Crippen molar-refractivity contribution in [3.8, 4) is 5.75 Å². The van der Waals surface area contributed by atoms with Crippen LogP contribution in [0.4, 0.5) is 0 Å². The normalized spacial score (nSPS) is 10.0. The third kappa shape index (κ3) is 4.10. The lowest BCUT2D eigenvalue weighted by Crippen LogP contribution is -2.06. The zero-order valence-corrected chi connectivity index (χ0v) is 13.3. The van der Waals surface area contributed by atoms with Crippen molar-refractivity contribution in [2.75, 3.05) is 14.2 Å². The van der Waals surface area contributed by atoms with Crippen molar-refractivity contribution >= 4 is 11.9 Å². The monoisotopic (exact) mass is 314 g/mol. The van der Waals surface area contributed by atoms with Gasteiger partial charge in [-0.1, -0.05) is 18.2 Å². The second-order valence-corrected chi connectivity index (χ2v) is 4.95. The Bertz CT molecular complexity index is 704. The number of ether oxygens (including phenoxy) is 3. The number of benzene rings is 2. The summed E-state index contributed by atoms with van der Waals surface area (Å²) in [7, 11) is 2.88. The molecule has 0 spiro atoms. The lowest BCUT2D eigenvalue weighted by Gasteiger charge is -2.08. The average molecular weight is 314 g/mol. The molecule has 0 aromatic heterocycles. The van der Waals surface area contributed by atoms with Crippen LogP contribution in [0.25, 0.3) is 0 Å². The number of aryl methyl sites for hydroxylation is 1. The third-order valence-corrected chi connectivity index (χ3v) is 3.39. The van der Waals surface area contributed by atoms with Gasteiger partial charge >= 0.3 is 11.9 Å². The molecule has 0 atom stereocenters. The summed E-state index contributed by atoms with van der Waals surface area (Å²) < 4.78 is 15.1. The van der Waals surface area contributed by atoms with Crippen molar-refractivity contribution in [1.29, 1.82) is 0 Å². The Morgan fingerprint density at radius 3 is 2.17 bits per heavy atom. The molecule has 2 rings (SSSR count). The minimum absolute atomic E-state index is 0.122. The highest BCUT2D eigenvalue weighted by molar-refractivity contribution is 5.90. The maximum atomic E-state index is 12.1. The molecule has 0 bridgehead atoms. The first kappa shape index (κ1) is 16.5. The Kier molecular flexibility index (Phi) is 5.36. The van der Waals surface area contributed by atoms with Crippen LogP contribution in [-0.4, -0.2) is 26.2 Å². The van der Waals surface area contributed by atoms with Crippen molar-refractivity contribution < 1.29 is 23.8 Å². The summed E-state index contributed by atoms with van der Waals surface area (Å²) in [6.45, 7) is 2.02.